The van der Waals surface area contributed by atoms with Gasteiger partial charge in [0.1, 0.15) is 6.10 Å². The normalized spacial score (nSPS) is 15.4. The van der Waals surface area contributed by atoms with Gasteiger partial charge in [0.05, 0.1) is 17.6 Å². The van der Waals surface area contributed by atoms with E-state index in [0.29, 0.717) is 19.3 Å². The summed E-state index contributed by atoms with van der Waals surface area (Å²) in [6.45, 7) is 7.53. The maximum Gasteiger partial charge on any atom is 0.464 e. The Kier molecular flexibility index (Phi) is 21.2. The van der Waals surface area contributed by atoms with Crippen molar-refractivity contribution in [2.45, 2.75) is 148 Å². The van der Waals surface area contributed by atoms with Crippen LogP contribution in [0.25, 0.3) is 0 Å². The molecule has 0 saturated carbocycles. The van der Waals surface area contributed by atoms with Crippen molar-refractivity contribution in [3.8, 4) is 0 Å². The van der Waals surface area contributed by atoms with Gasteiger partial charge in [-0.3, -0.25) is 4.52 Å². The van der Waals surface area contributed by atoms with Crippen LogP contribution in [0.1, 0.15) is 137 Å². The molecule has 3 atom stereocenters. The molecule has 0 aromatic rings. The smallest absolute Gasteiger partial charge is 0.464 e. The van der Waals surface area contributed by atoms with Crippen molar-refractivity contribution >= 4 is 23.1 Å². The number of hydrogen-bond donors (Lipinski definition) is 1. The van der Waals surface area contributed by atoms with Crippen LogP contribution < -0.4 is 0 Å². The van der Waals surface area contributed by atoms with E-state index in [1.54, 1.807) is 6.92 Å². The van der Waals surface area contributed by atoms with Gasteiger partial charge in [0.2, 0.25) is 0 Å². The molecule has 216 valence electrons. The van der Waals surface area contributed by atoms with E-state index in [2.05, 4.69) is 13.8 Å². The van der Waals surface area contributed by atoms with Crippen molar-refractivity contribution in [3.05, 3.63) is 0 Å². The molecule has 0 bridgehead atoms. The van der Waals surface area contributed by atoms with Crippen LogP contribution in [-0.4, -0.2) is 42.9 Å². The molecule has 0 amide bonds. The van der Waals surface area contributed by atoms with Gasteiger partial charge in [-0.15, -0.1) is 4.67 Å². The average molecular weight is 557 g/mol. The summed E-state index contributed by atoms with van der Waals surface area (Å²) in [6.07, 6.45) is 15.9. The van der Waals surface area contributed by atoms with Crippen LogP contribution in [0.4, 0.5) is 4.79 Å². The Bertz CT molecular complexity index is 698. The minimum Gasteiger partial charge on any atom is -0.472 e. The molecule has 0 saturated heterocycles. The number of rotatable bonds is 26. The van der Waals surface area contributed by atoms with Crippen molar-refractivity contribution < 1.29 is 37.0 Å². The molecule has 0 aromatic carbocycles. The molecule has 36 heavy (non-hydrogen) atoms. The van der Waals surface area contributed by atoms with Gasteiger partial charge in [-0.1, -0.05) is 111 Å². The van der Waals surface area contributed by atoms with E-state index in [1.807, 2.05) is 0 Å². The highest BCUT2D eigenvalue weighted by atomic mass is 32.2. The quantitative estimate of drug-likeness (QED) is 0.0487. The Balaban J connectivity index is 4.85. The topological polar surface area (TPSA) is 116 Å². The zero-order valence-corrected chi connectivity index (χ0v) is 25.0. The fourth-order valence-electron chi connectivity index (χ4n) is 4.10. The summed E-state index contributed by atoms with van der Waals surface area (Å²) in [5, 5.41) is 8.39. The van der Waals surface area contributed by atoms with E-state index >= 15 is 0 Å². The fourth-order valence-corrected chi connectivity index (χ4v) is 7.06. The van der Waals surface area contributed by atoms with Crippen LogP contribution in [-0.2, 0) is 28.5 Å². The summed E-state index contributed by atoms with van der Waals surface area (Å²) in [7, 11) is -8.05. The van der Waals surface area contributed by atoms with Crippen LogP contribution in [0.5, 0.6) is 0 Å². The zero-order valence-electron chi connectivity index (χ0n) is 23.3. The first-order chi connectivity index (χ1) is 17.1. The predicted molar refractivity (Wildman–Crippen MR) is 146 cm³/mol. The van der Waals surface area contributed by atoms with Gasteiger partial charge in [0, 0.05) is 0 Å². The Morgan fingerprint density at radius 3 is 1.72 bits per heavy atom. The van der Waals surface area contributed by atoms with Gasteiger partial charge in [-0.25, -0.2) is 22.7 Å². The van der Waals surface area contributed by atoms with Crippen molar-refractivity contribution in [1.29, 1.82) is 0 Å². The zero-order chi connectivity index (χ0) is 27.3. The first-order valence-corrected chi connectivity index (χ1v) is 17.4. The summed E-state index contributed by atoms with van der Waals surface area (Å²) in [5.41, 5.74) is -1.76. The molecule has 1 N–H and O–H groups in total. The molecule has 0 rings (SSSR count). The summed E-state index contributed by atoms with van der Waals surface area (Å²) in [4.78, 5) is 16.5. The second-order valence-corrected chi connectivity index (χ2v) is 13.9. The van der Waals surface area contributed by atoms with Gasteiger partial charge in [0.15, 0.2) is 9.84 Å². The minimum atomic E-state index is -4.54. The average Bonchev–Trinajstić information content (AvgIpc) is 2.84. The van der Waals surface area contributed by atoms with E-state index in [9.17, 15) is 22.9 Å². The van der Waals surface area contributed by atoms with Gasteiger partial charge < -0.3 is 5.11 Å². The lowest BCUT2D eigenvalue weighted by molar-refractivity contribution is -0.246. The third-order valence-corrected chi connectivity index (χ3v) is 10.0. The standard InChI is InChI=1S/C26H53O8PS/c1-5-8-10-12-13-14-15-16-18-20-23-36(30,31)25(21-19-17-11-9-6-2)24(4)33-34-35(29,26(27)28)32-22-7-3/h24-25H,5-23H2,1-4H3,(H,27,28). The summed E-state index contributed by atoms with van der Waals surface area (Å²) in [5.74, 6) is 0.0553. The predicted octanol–water partition coefficient (Wildman–Crippen LogP) is 8.69. The van der Waals surface area contributed by atoms with Crippen molar-refractivity contribution in [1.82, 2.24) is 0 Å². The van der Waals surface area contributed by atoms with Crippen LogP contribution in [0, 0.1) is 0 Å². The monoisotopic (exact) mass is 556 g/mol. The Morgan fingerprint density at radius 2 is 1.25 bits per heavy atom. The van der Waals surface area contributed by atoms with Crippen molar-refractivity contribution in [2.75, 3.05) is 12.4 Å². The number of carboxylic acid groups (broad SMARTS) is 1. The van der Waals surface area contributed by atoms with E-state index in [1.165, 1.54) is 45.4 Å². The molecule has 0 aliphatic rings. The Hall–Kier alpha value is -0.470. The summed E-state index contributed by atoms with van der Waals surface area (Å²) < 4.78 is 48.5. The molecule has 0 heterocycles. The Labute approximate surface area is 220 Å². The van der Waals surface area contributed by atoms with E-state index in [4.69, 9.17) is 14.1 Å². The molecule has 0 aliphatic carbocycles. The minimum absolute atomic E-state index is 0.0553. The second kappa shape index (κ2) is 21.5. The molecule has 0 aromatic heterocycles. The highest BCUT2D eigenvalue weighted by Crippen LogP contribution is 2.49. The third-order valence-electron chi connectivity index (χ3n) is 6.35. The molecule has 10 heteroatoms. The van der Waals surface area contributed by atoms with E-state index in [-0.39, 0.29) is 12.4 Å². The number of sulfone groups is 1. The second-order valence-electron chi connectivity index (χ2n) is 9.78. The Morgan fingerprint density at radius 1 is 0.778 bits per heavy atom. The van der Waals surface area contributed by atoms with Crippen LogP contribution in [0.15, 0.2) is 0 Å². The van der Waals surface area contributed by atoms with Gasteiger partial charge in [-0.2, -0.15) is 0 Å². The highest BCUT2D eigenvalue weighted by Gasteiger charge is 2.39. The number of unbranched alkanes of at least 4 members (excludes halogenated alkanes) is 13. The van der Waals surface area contributed by atoms with Crippen LogP contribution in [0.2, 0.25) is 0 Å². The molecule has 3 unspecified atom stereocenters. The lowest BCUT2D eigenvalue weighted by Crippen LogP contribution is -2.36. The van der Waals surface area contributed by atoms with E-state index in [0.717, 1.165) is 51.4 Å². The fraction of sp³-hybridized carbons (Fsp3) is 0.962. The molecule has 8 nitrogen and oxygen atoms in total. The lowest BCUT2D eigenvalue weighted by Gasteiger charge is -2.24. The third kappa shape index (κ3) is 16.4. The van der Waals surface area contributed by atoms with Crippen LogP contribution in [0.3, 0.4) is 0 Å². The van der Waals surface area contributed by atoms with Gasteiger partial charge >= 0.3 is 13.3 Å². The molecular weight excluding hydrogens is 503 g/mol. The molecular formula is C26H53O8PS. The van der Waals surface area contributed by atoms with E-state index < -0.39 is 34.5 Å². The van der Waals surface area contributed by atoms with Gasteiger partial charge in [0.25, 0.3) is 0 Å². The SMILES string of the molecule is CCCCCCCCCCCCS(=O)(=O)C(CCCCCCC)C(C)OOP(=O)(OCCC)C(=O)O. The molecule has 0 radical (unpaired) electrons. The van der Waals surface area contributed by atoms with Crippen molar-refractivity contribution in [2.24, 2.45) is 0 Å². The largest absolute Gasteiger partial charge is 0.472 e. The van der Waals surface area contributed by atoms with Crippen LogP contribution >= 0.6 is 7.60 Å². The van der Waals surface area contributed by atoms with Gasteiger partial charge in [-0.05, 0) is 26.2 Å². The first kappa shape index (κ1) is 35.5. The molecule has 0 fully saturated rings. The van der Waals surface area contributed by atoms with Crippen molar-refractivity contribution in [3.63, 3.8) is 0 Å². The maximum absolute atomic E-state index is 13.2. The molecule has 0 aliphatic heterocycles. The first-order valence-electron chi connectivity index (χ1n) is 14.2. The summed E-state index contributed by atoms with van der Waals surface area (Å²) >= 11 is 0. The number of hydrogen-bond acceptors (Lipinski definition) is 7. The lowest BCUT2D eigenvalue weighted by atomic mass is 10.1. The number of carbonyl (C=O) groups is 1. The summed E-state index contributed by atoms with van der Waals surface area (Å²) in [6, 6.07) is 0. The maximum atomic E-state index is 13.2. The molecule has 0 spiro atoms. The highest BCUT2D eigenvalue weighted by molar-refractivity contribution is 7.92.